The molecule has 0 fully saturated rings. The molecule has 0 aliphatic heterocycles. The number of carbonyl (C=O) groups excluding carboxylic acids is 1. The summed E-state index contributed by atoms with van der Waals surface area (Å²) in [6, 6.07) is 18.7. The molecular weight excluding hydrogens is 524 g/mol. The van der Waals surface area contributed by atoms with Crippen LogP contribution in [0.1, 0.15) is 87.1 Å². The van der Waals surface area contributed by atoms with Gasteiger partial charge in [0.1, 0.15) is 17.2 Å². The highest BCUT2D eigenvalue weighted by Gasteiger charge is 2.13. The second-order valence-corrected chi connectivity index (χ2v) is 10.8. The fourth-order valence-corrected chi connectivity index (χ4v) is 4.98. The molecule has 1 atom stereocenters. The second kappa shape index (κ2) is 17.2. The maximum Gasteiger partial charge on any atom is 0.316 e. The summed E-state index contributed by atoms with van der Waals surface area (Å²) in [6.07, 6.45) is 12.8. The summed E-state index contributed by atoms with van der Waals surface area (Å²) in [5.74, 6) is 0.715. The average Bonchev–Trinajstić information content (AvgIpc) is 2.95. The van der Waals surface area contributed by atoms with E-state index in [1.165, 1.54) is 69.9 Å². The van der Waals surface area contributed by atoms with Crippen molar-refractivity contribution in [2.24, 2.45) is 0 Å². The van der Waals surface area contributed by atoms with Gasteiger partial charge in [-0.1, -0.05) is 82.9 Å². The van der Waals surface area contributed by atoms with Crippen molar-refractivity contribution in [3.05, 3.63) is 77.9 Å². The summed E-state index contributed by atoms with van der Waals surface area (Å²) < 4.78 is 26.8. The number of aromatic hydroxyl groups is 1. The van der Waals surface area contributed by atoms with Gasteiger partial charge >= 0.3 is 11.3 Å². The predicted molar refractivity (Wildman–Crippen MR) is 163 cm³/mol. The number of anilines is 2. The molecule has 0 bridgehead atoms. The van der Waals surface area contributed by atoms with Gasteiger partial charge in [-0.2, -0.15) is 4.21 Å². The molecule has 0 saturated carbocycles. The maximum absolute atomic E-state index is 12.6. The van der Waals surface area contributed by atoms with Crippen LogP contribution in [-0.2, 0) is 11.3 Å². The first-order chi connectivity index (χ1) is 19.5. The molecule has 7 nitrogen and oxygen atoms in total. The van der Waals surface area contributed by atoms with Gasteiger partial charge in [-0.25, -0.2) is 0 Å². The Kier molecular flexibility index (Phi) is 13.4. The number of carbonyl (C=O) groups is 1. The lowest BCUT2D eigenvalue weighted by Gasteiger charge is -2.14. The number of phenols is 1. The van der Waals surface area contributed by atoms with Crippen molar-refractivity contribution >= 4 is 28.5 Å². The van der Waals surface area contributed by atoms with Gasteiger partial charge < -0.3 is 19.3 Å². The van der Waals surface area contributed by atoms with Crippen molar-refractivity contribution in [1.29, 1.82) is 0 Å². The predicted octanol–water partition coefficient (Wildman–Crippen LogP) is 8.32. The van der Waals surface area contributed by atoms with E-state index in [1.54, 1.807) is 55.5 Å². The second-order valence-electron chi connectivity index (χ2n) is 9.93. The first-order valence-electron chi connectivity index (χ1n) is 14.3. The average molecular weight is 567 g/mol. The van der Waals surface area contributed by atoms with Crippen LogP contribution >= 0.6 is 0 Å². The molecule has 0 radical (unpaired) electrons. The third-order valence-electron chi connectivity index (χ3n) is 6.58. The molecule has 0 aromatic heterocycles. The molecule has 3 rings (SSSR count). The molecule has 40 heavy (non-hydrogen) atoms. The molecule has 3 aromatic carbocycles. The third kappa shape index (κ3) is 10.9. The molecule has 3 N–H and O–H groups in total. The first kappa shape index (κ1) is 31.0. The summed E-state index contributed by atoms with van der Waals surface area (Å²) in [7, 11) is 0. The normalized spacial score (nSPS) is 11.6. The first-order valence-corrected chi connectivity index (χ1v) is 15.3. The quantitative estimate of drug-likeness (QED) is 0.0817. The summed E-state index contributed by atoms with van der Waals surface area (Å²) >= 11 is -1.90. The third-order valence-corrected chi connectivity index (χ3v) is 7.31. The van der Waals surface area contributed by atoms with Gasteiger partial charge in [0.15, 0.2) is 0 Å². The largest absolute Gasteiger partial charge is 0.506 e. The standard InChI is InChI=1S/C32H42N2O5S/c1-3-4-5-6-7-8-9-10-11-15-22-38-27-18-20-28(21-19-27)39-40(37)34-29-24-30(31(35)23-25(29)2)33-32(36)26-16-13-12-14-17-26/h12-14,16-21,23-24,34-35H,3-11,15,22H2,1-2H3,(H,33,36). The Labute approximate surface area is 241 Å². The SMILES string of the molecule is CCCCCCCCCCCCOc1ccc(OS(=O)Nc2cc(NC(=O)c3ccccc3)c(O)cc2C)cc1. The van der Waals surface area contributed by atoms with Crippen molar-refractivity contribution < 1.29 is 23.0 Å². The van der Waals surface area contributed by atoms with E-state index >= 15 is 0 Å². The highest BCUT2D eigenvalue weighted by molar-refractivity contribution is 7.82. The number of rotatable bonds is 18. The molecule has 0 saturated heterocycles. The van der Waals surface area contributed by atoms with Crippen LogP contribution in [-0.4, -0.2) is 21.8 Å². The minimum Gasteiger partial charge on any atom is -0.506 e. The topological polar surface area (TPSA) is 96.9 Å². The number of amides is 1. The van der Waals surface area contributed by atoms with E-state index in [9.17, 15) is 14.1 Å². The van der Waals surface area contributed by atoms with Gasteiger partial charge in [-0.15, -0.1) is 0 Å². The summed E-state index contributed by atoms with van der Waals surface area (Å²) in [5, 5.41) is 13.0. The van der Waals surface area contributed by atoms with E-state index in [1.807, 2.05) is 6.07 Å². The van der Waals surface area contributed by atoms with Crippen LogP contribution in [0.2, 0.25) is 0 Å². The number of hydrogen-bond acceptors (Lipinski definition) is 5. The molecule has 0 heterocycles. The van der Waals surface area contributed by atoms with Crippen LogP contribution in [0.4, 0.5) is 11.4 Å². The van der Waals surface area contributed by atoms with Crippen LogP contribution in [0.5, 0.6) is 17.2 Å². The number of benzene rings is 3. The van der Waals surface area contributed by atoms with Gasteiger partial charge in [-0.05, 0) is 67.4 Å². The minimum atomic E-state index is -1.90. The maximum atomic E-state index is 12.6. The van der Waals surface area contributed by atoms with Crippen molar-refractivity contribution in [1.82, 2.24) is 0 Å². The summed E-state index contributed by atoms with van der Waals surface area (Å²) in [4.78, 5) is 12.5. The van der Waals surface area contributed by atoms with Gasteiger partial charge in [0, 0.05) is 5.56 Å². The van der Waals surface area contributed by atoms with Crippen LogP contribution in [0.3, 0.4) is 0 Å². The van der Waals surface area contributed by atoms with Gasteiger partial charge in [0.25, 0.3) is 5.91 Å². The van der Waals surface area contributed by atoms with E-state index < -0.39 is 11.3 Å². The van der Waals surface area contributed by atoms with E-state index in [2.05, 4.69) is 17.0 Å². The molecule has 216 valence electrons. The lowest BCUT2D eigenvalue weighted by molar-refractivity contribution is 0.102. The van der Waals surface area contributed by atoms with Crippen LogP contribution in [0.25, 0.3) is 0 Å². The fourth-order valence-electron chi connectivity index (χ4n) is 4.26. The Morgan fingerprint density at radius 2 is 1.40 bits per heavy atom. The molecule has 0 aliphatic carbocycles. The van der Waals surface area contributed by atoms with Gasteiger partial charge in [-0.3, -0.25) is 9.52 Å². The zero-order chi connectivity index (χ0) is 28.6. The summed E-state index contributed by atoms with van der Waals surface area (Å²) in [5.41, 5.74) is 1.75. The Balaban J connectivity index is 1.39. The number of hydrogen-bond donors (Lipinski definition) is 3. The highest BCUT2D eigenvalue weighted by Crippen LogP contribution is 2.31. The lowest BCUT2D eigenvalue weighted by Crippen LogP contribution is -2.14. The number of unbranched alkanes of at least 4 members (excludes halogenated alkanes) is 9. The van der Waals surface area contributed by atoms with Crippen molar-refractivity contribution in [2.75, 3.05) is 16.6 Å². The Morgan fingerprint density at radius 1 is 0.800 bits per heavy atom. The Hall–Kier alpha value is -3.52. The Bertz CT molecular complexity index is 1200. The monoisotopic (exact) mass is 566 g/mol. The smallest absolute Gasteiger partial charge is 0.316 e. The number of ether oxygens (including phenoxy) is 1. The van der Waals surface area contributed by atoms with Crippen molar-refractivity contribution in [2.45, 2.75) is 78.1 Å². The highest BCUT2D eigenvalue weighted by atomic mass is 32.2. The molecule has 3 aromatic rings. The molecule has 1 unspecified atom stereocenters. The van der Waals surface area contributed by atoms with E-state index in [0.717, 1.165) is 12.2 Å². The molecule has 8 heteroatoms. The lowest BCUT2D eigenvalue weighted by atomic mass is 10.1. The van der Waals surface area contributed by atoms with Crippen LogP contribution in [0.15, 0.2) is 66.7 Å². The number of aryl methyl sites for hydroxylation is 1. The van der Waals surface area contributed by atoms with Crippen molar-refractivity contribution in [3.63, 3.8) is 0 Å². The van der Waals surface area contributed by atoms with E-state index in [-0.39, 0.29) is 17.3 Å². The van der Waals surface area contributed by atoms with E-state index in [4.69, 9.17) is 8.92 Å². The summed E-state index contributed by atoms with van der Waals surface area (Å²) in [6.45, 7) is 4.68. The molecule has 0 aliphatic rings. The van der Waals surface area contributed by atoms with E-state index in [0.29, 0.717) is 29.2 Å². The van der Waals surface area contributed by atoms with Gasteiger partial charge in [0.05, 0.1) is 18.0 Å². The fraction of sp³-hybridized carbons (Fsp3) is 0.406. The van der Waals surface area contributed by atoms with Crippen LogP contribution < -0.4 is 19.0 Å². The van der Waals surface area contributed by atoms with Gasteiger partial charge in [0.2, 0.25) is 0 Å². The van der Waals surface area contributed by atoms with Crippen molar-refractivity contribution in [3.8, 4) is 17.2 Å². The van der Waals surface area contributed by atoms with Crippen LogP contribution in [0, 0.1) is 6.92 Å². The Morgan fingerprint density at radius 3 is 2.05 bits per heavy atom. The number of nitrogens with one attached hydrogen (secondary N) is 2. The number of phenolic OH excluding ortho intramolecular Hbond substituents is 1. The minimum absolute atomic E-state index is 0.0903. The zero-order valence-electron chi connectivity index (χ0n) is 23.6. The molecule has 0 spiro atoms. The zero-order valence-corrected chi connectivity index (χ0v) is 24.4. The molecule has 1 amide bonds. The molecular formula is C32H42N2O5S.